The van der Waals surface area contributed by atoms with E-state index in [1.807, 2.05) is 0 Å². The van der Waals surface area contributed by atoms with Gasteiger partial charge < -0.3 is 9.84 Å². The van der Waals surface area contributed by atoms with Crippen LogP contribution in [0.4, 0.5) is 0 Å². The second-order valence-corrected chi connectivity index (χ2v) is 6.01. The molecule has 0 aliphatic rings. The van der Waals surface area contributed by atoms with Crippen molar-refractivity contribution < 1.29 is 19.4 Å². The van der Waals surface area contributed by atoms with Crippen molar-refractivity contribution in [2.45, 2.75) is 104 Å². The first-order chi connectivity index (χ1) is 11.1. The van der Waals surface area contributed by atoms with E-state index in [9.17, 15) is 9.59 Å². The summed E-state index contributed by atoms with van der Waals surface area (Å²) in [5.74, 6) is -0.745. The quantitative estimate of drug-likeness (QED) is 0.326. The summed E-state index contributed by atoms with van der Waals surface area (Å²) in [4.78, 5) is 20.8. The molecule has 0 unspecified atom stereocenters. The average molecular weight is 331 g/mol. The normalized spacial score (nSPS) is 9.87. The van der Waals surface area contributed by atoms with Crippen LogP contribution in [0.2, 0.25) is 0 Å². The maximum atomic E-state index is 10.7. The van der Waals surface area contributed by atoms with Crippen molar-refractivity contribution in [1.82, 2.24) is 0 Å². The Bertz CT molecular complexity index is 264. The summed E-state index contributed by atoms with van der Waals surface area (Å²) in [6.07, 6.45) is 15.2. The Labute approximate surface area is 143 Å². The van der Waals surface area contributed by atoms with E-state index in [1.165, 1.54) is 64.9 Å². The van der Waals surface area contributed by atoms with E-state index >= 15 is 0 Å². The summed E-state index contributed by atoms with van der Waals surface area (Å²) < 4.78 is 4.56. The molecule has 0 bridgehead atoms. The van der Waals surface area contributed by atoms with Gasteiger partial charge in [-0.25, -0.2) is 0 Å². The number of carboxylic acid groups (broad SMARTS) is 1. The van der Waals surface area contributed by atoms with Crippen LogP contribution in [0.5, 0.6) is 0 Å². The average Bonchev–Trinajstić information content (AvgIpc) is 2.54. The maximum Gasteiger partial charge on any atom is 0.305 e. The third kappa shape index (κ3) is 26.2. The lowest BCUT2D eigenvalue weighted by Crippen LogP contribution is -1.99. The van der Waals surface area contributed by atoms with Crippen LogP contribution in [0.15, 0.2) is 0 Å². The molecule has 0 fully saturated rings. The number of carbonyl (C=O) groups is 2. The van der Waals surface area contributed by atoms with Gasteiger partial charge in [0.1, 0.15) is 0 Å². The summed E-state index contributed by atoms with van der Waals surface area (Å²) in [6.45, 7) is 4.37. The predicted molar refractivity (Wildman–Crippen MR) is 95.6 cm³/mol. The SMILES string of the molecule is CCCCCCCC(=O)O.CCCCCCCCCC(=O)OC. The highest BCUT2D eigenvalue weighted by molar-refractivity contribution is 5.68. The topological polar surface area (TPSA) is 63.6 Å². The molecule has 0 radical (unpaired) electrons. The number of hydrogen-bond acceptors (Lipinski definition) is 3. The number of rotatable bonds is 14. The lowest BCUT2D eigenvalue weighted by atomic mass is 10.1. The van der Waals surface area contributed by atoms with E-state index in [0.29, 0.717) is 12.8 Å². The van der Waals surface area contributed by atoms with E-state index in [1.54, 1.807) is 0 Å². The van der Waals surface area contributed by atoms with Crippen LogP contribution < -0.4 is 0 Å². The molecule has 4 heteroatoms. The minimum atomic E-state index is -0.670. The van der Waals surface area contributed by atoms with E-state index in [0.717, 1.165) is 19.3 Å². The lowest BCUT2D eigenvalue weighted by Gasteiger charge is -2.00. The minimum absolute atomic E-state index is 0.0754. The van der Waals surface area contributed by atoms with Gasteiger partial charge in [-0.3, -0.25) is 9.59 Å². The van der Waals surface area contributed by atoms with Gasteiger partial charge in [0.2, 0.25) is 0 Å². The summed E-state index contributed by atoms with van der Waals surface area (Å²) in [6, 6.07) is 0. The standard InChI is InChI=1S/C11H22O2.C8H16O2/c1-3-4-5-6-7-8-9-10-11(12)13-2;1-2-3-4-5-6-7-8(9)10/h3-10H2,1-2H3;2-7H2,1H3,(H,9,10). The van der Waals surface area contributed by atoms with Crippen LogP contribution in [-0.2, 0) is 14.3 Å². The van der Waals surface area contributed by atoms with Crippen LogP contribution in [0.1, 0.15) is 104 Å². The molecule has 0 atom stereocenters. The molecule has 0 spiro atoms. The molecule has 1 N–H and O–H groups in total. The first-order valence-corrected chi connectivity index (χ1v) is 9.37. The summed E-state index contributed by atoms with van der Waals surface area (Å²) >= 11 is 0. The van der Waals surface area contributed by atoms with E-state index in [2.05, 4.69) is 18.6 Å². The minimum Gasteiger partial charge on any atom is -0.481 e. The Morgan fingerprint density at radius 3 is 1.48 bits per heavy atom. The highest BCUT2D eigenvalue weighted by Crippen LogP contribution is 2.08. The number of carboxylic acids is 1. The second-order valence-electron chi connectivity index (χ2n) is 6.01. The number of methoxy groups -OCH3 is 1. The largest absolute Gasteiger partial charge is 0.481 e. The molecule has 0 saturated carbocycles. The fraction of sp³-hybridized carbons (Fsp3) is 0.895. The Hall–Kier alpha value is -1.06. The van der Waals surface area contributed by atoms with Gasteiger partial charge in [-0.05, 0) is 12.8 Å². The number of hydrogen-bond donors (Lipinski definition) is 1. The molecule has 0 aromatic carbocycles. The van der Waals surface area contributed by atoms with Gasteiger partial charge in [-0.15, -0.1) is 0 Å². The second kappa shape index (κ2) is 20.9. The van der Waals surface area contributed by atoms with Gasteiger partial charge in [-0.2, -0.15) is 0 Å². The summed E-state index contributed by atoms with van der Waals surface area (Å²) in [5, 5.41) is 8.27. The van der Waals surface area contributed by atoms with Crippen LogP contribution in [0.3, 0.4) is 0 Å². The molecule has 0 aromatic heterocycles. The molecule has 0 amide bonds. The van der Waals surface area contributed by atoms with E-state index in [4.69, 9.17) is 5.11 Å². The molecule has 23 heavy (non-hydrogen) atoms. The zero-order valence-electron chi connectivity index (χ0n) is 15.6. The molecule has 0 rings (SSSR count). The van der Waals surface area contributed by atoms with Crippen LogP contribution in [0, 0.1) is 0 Å². The van der Waals surface area contributed by atoms with Crippen LogP contribution in [0.25, 0.3) is 0 Å². The Balaban J connectivity index is 0. The third-order valence-electron chi connectivity index (χ3n) is 3.71. The van der Waals surface area contributed by atoms with Gasteiger partial charge in [0.15, 0.2) is 0 Å². The van der Waals surface area contributed by atoms with Crippen molar-refractivity contribution in [2.75, 3.05) is 7.11 Å². The smallest absolute Gasteiger partial charge is 0.305 e. The zero-order chi connectivity index (χ0) is 17.8. The van der Waals surface area contributed by atoms with Crippen molar-refractivity contribution in [3.8, 4) is 0 Å². The van der Waals surface area contributed by atoms with Crippen LogP contribution >= 0.6 is 0 Å². The predicted octanol–water partition coefficient (Wildman–Crippen LogP) is 5.73. The van der Waals surface area contributed by atoms with Gasteiger partial charge in [0.05, 0.1) is 7.11 Å². The van der Waals surface area contributed by atoms with Crippen molar-refractivity contribution in [2.24, 2.45) is 0 Å². The molecule has 0 heterocycles. The van der Waals surface area contributed by atoms with E-state index < -0.39 is 5.97 Å². The highest BCUT2D eigenvalue weighted by Gasteiger charge is 1.98. The first kappa shape index (κ1) is 24.2. The van der Waals surface area contributed by atoms with Crippen molar-refractivity contribution in [3.05, 3.63) is 0 Å². The number of esters is 1. The van der Waals surface area contributed by atoms with Crippen molar-refractivity contribution in [1.29, 1.82) is 0 Å². The van der Waals surface area contributed by atoms with Crippen LogP contribution in [-0.4, -0.2) is 24.2 Å². The van der Waals surface area contributed by atoms with Crippen molar-refractivity contribution >= 4 is 11.9 Å². The van der Waals surface area contributed by atoms with Gasteiger partial charge >= 0.3 is 11.9 Å². The maximum absolute atomic E-state index is 10.7. The number of aliphatic carboxylic acids is 1. The molecule has 0 aromatic rings. The monoisotopic (exact) mass is 330 g/mol. The Morgan fingerprint density at radius 1 is 0.696 bits per heavy atom. The fourth-order valence-corrected chi connectivity index (χ4v) is 2.21. The highest BCUT2D eigenvalue weighted by atomic mass is 16.5. The molecule has 0 aliphatic carbocycles. The molecular formula is C19H38O4. The Kier molecular flexibility index (Phi) is 22.0. The summed E-state index contributed by atoms with van der Waals surface area (Å²) in [5.41, 5.74) is 0. The first-order valence-electron chi connectivity index (χ1n) is 9.37. The molecule has 0 saturated heterocycles. The molecule has 4 nitrogen and oxygen atoms in total. The van der Waals surface area contributed by atoms with Gasteiger partial charge in [0.25, 0.3) is 0 Å². The molecule has 0 aliphatic heterocycles. The molecular weight excluding hydrogens is 292 g/mol. The summed E-state index contributed by atoms with van der Waals surface area (Å²) in [7, 11) is 1.45. The van der Waals surface area contributed by atoms with E-state index in [-0.39, 0.29) is 5.97 Å². The van der Waals surface area contributed by atoms with Gasteiger partial charge in [0, 0.05) is 12.8 Å². The Morgan fingerprint density at radius 2 is 1.09 bits per heavy atom. The van der Waals surface area contributed by atoms with Crippen molar-refractivity contribution in [3.63, 3.8) is 0 Å². The molecule has 138 valence electrons. The number of ether oxygens (including phenoxy) is 1. The third-order valence-corrected chi connectivity index (χ3v) is 3.71. The number of carbonyl (C=O) groups excluding carboxylic acids is 1. The fourth-order valence-electron chi connectivity index (χ4n) is 2.21. The lowest BCUT2D eigenvalue weighted by molar-refractivity contribution is -0.141. The zero-order valence-corrected chi connectivity index (χ0v) is 15.6. The number of unbranched alkanes of at least 4 members (excludes halogenated alkanes) is 10. The van der Waals surface area contributed by atoms with Gasteiger partial charge in [-0.1, -0.05) is 78.1 Å².